The van der Waals surface area contributed by atoms with Gasteiger partial charge in [-0.25, -0.2) is 0 Å². The number of amides is 1. The lowest BCUT2D eigenvalue weighted by atomic mass is 10.3. The van der Waals surface area contributed by atoms with Gasteiger partial charge in [-0.2, -0.15) is 0 Å². The highest BCUT2D eigenvalue weighted by Crippen LogP contribution is 2.24. The van der Waals surface area contributed by atoms with Crippen molar-refractivity contribution >= 4 is 29.9 Å². The summed E-state index contributed by atoms with van der Waals surface area (Å²) in [6.07, 6.45) is -0.589. The predicted octanol–water partition coefficient (Wildman–Crippen LogP) is 1.88. The first-order valence-corrected chi connectivity index (χ1v) is 6.91. The molecule has 0 aliphatic carbocycles. The number of carbonyl (C=O) groups is 1. The highest BCUT2D eigenvalue weighted by molar-refractivity contribution is 6.32. The zero-order valence-electron chi connectivity index (χ0n) is 12.2. The lowest BCUT2D eigenvalue weighted by Gasteiger charge is -2.15. The molecule has 1 aromatic carbocycles. The molecular formula is C14H22Cl2N2O3. The molecule has 0 heterocycles. The molecule has 21 heavy (non-hydrogen) atoms. The number of hydrogen-bond acceptors (Lipinski definition) is 4. The van der Waals surface area contributed by atoms with Crippen molar-refractivity contribution < 1.29 is 14.3 Å². The molecule has 0 aromatic heterocycles. The molecule has 120 valence electrons. The number of hydrogen-bond donors (Lipinski definition) is 2. The van der Waals surface area contributed by atoms with E-state index in [-0.39, 0.29) is 18.3 Å². The van der Waals surface area contributed by atoms with Gasteiger partial charge in [0.1, 0.15) is 5.75 Å². The molecule has 0 saturated heterocycles. The normalized spacial score (nSPS) is 11.4. The molecule has 1 atom stereocenters. The van der Waals surface area contributed by atoms with Gasteiger partial charge in [0.25, 0.3) is 5.91 Å². The maximum Gasteiger partial charge on any atom is 0.260 e. The molecule has 7 heteroatoms. The number of para-hydroxylation sites is 1. The average molecular weight is 337 g/mol. The van der Waals surface area contributed by atoms with Crippen LogP contribution in [0, 0.1) is 0 Å². The first kappa shape index (κ1) is 20.0. The summed E-state index contributed by atoms with van der Waals surface area (Å²) < 4.78 is 10.4. The summed E-state index contributed by atoms with van der Waals surface area (Å²) in [6, 6.07) is 7.08. The average Bonchev–Trinajstić information content (AvgIpc) is 2.44. The van der Waals surface area contributed by atoms with E-state index < -0.39 is 6.10 Å². The minimum absolute atomic E-state index is 0. The summed E-state index contributed by atoms with van der Waals surface area (Å²) in [6.45, 7) is 4.34. The van der Waals surface area contributed by atoms with E-state index >= 15 is 0 Å². The predicted molar refractivity (Wildman–Crippen MR) is 86.5 cm³/mol. The van der Waals surface area contributed by atoms with Gasteiger partial charge in [-0.3, -0.25) is 4.79 Å². The molecule has 0 fully saturated rings. The number of benzene rings is 1. The highest BCUT2D eigenvalue weighted by Gasteiger charge is 2.15. The van der Waals surface area contributed by atoms with Gasteiger partial charge in [0.05, 0.1) is 11.6 Å². The maximum absolute atomic E-state index is 11.8. The van der Waals surface area contributed by atoms with E-state index in [1.165, 1.54) is 0 Å². The van der Waals surface area contributed by atoms with Crippen LogP contribution in [-0.2, 0) is 9.53 Å². The molecule has 1 amide bonds. The molecule has 2 N–H and O–H groups in total. The van der Waals surface area contributed by atoms with Crippen LogP contribution in [0.25, 0.3) is 0 Å². The molecular weight excluding hydrogens is 315 g/mol. The van der Waals surface area contributed by atoms with Gasteiger partial charge >= 0.3 is 0 Å². The van der Waals surface area contributed by atoms with Gasteiger partial charge in [-0.15, -0.1) is 12.4 Å². The summed E-state index contributed by atoms with van der Waals surface area (Å²) in [5.41, 5.74) is 0. The number of methoxy groups -OCH3 is 1. The molecule has 1 rings (SSSR count). The Bertz CT molecular complexity index is 419. The third kappa shape index (κ3) is 8.12. The molecule has 0 aliphatic heterocycles. The van der Waals surface area contributed by atoms with Crippen molar-refractivity contribution in [3.05, 3.63) is 29.3 Å². The molecule has 0 spiro atoms. The van der Waals surface area contributed by atoms with E-state index in [1.807, 2.05) is 12.1 Å². The second kappa shape index (κ2) is 11.6. The minimum atomic E-state index is -0.589. The van der Waals surface area contributed by atoms with Crippen molar-refractivity contribution in [2.75, 3.05) is 33.4 Å². The van der Waals surface area contributed by atoms with E-state index in [2.05, 4.69) is 10.6 Å². The van der Waals surface area contributed by atoms with Crippen LogP contribution in [0.2, 0.25) is 5.02 Å². The van der Waals surface area contributed by atoms with Gasteiger partial charge in [-0.1, -0.05) is 23.7 Å². The van der Waals surface area contributed by atoms with Gasteiger partial charge in [0, 0.05) is 26.7 Å². The van der Waals surface area contributed by atoms with Crippen LogP contribution in [-0.4, -0.2) is 45.4 Å². The molecule has 0 saturated carbocycles. The minimum Gasteiger partial charge on any atom is -0.479 e. The van der Waals surface area contributed by atoms with Crippen molar-refractivity contribution in [1.29, 1.82) is 0 Å². The quantitative estimate of drug-likeness (QED) is 0.676. The van der Waals surface area contributed by atoms with E-state index in [0.29, 0.717) is 30.5 Å². The van der Waals surface area contributed by atoms with Crippen molar-refractivity contribution in [2.45, 2.75) is 13.0 Å². The number of halogens is 2. The summed E-state index contributed by atoms with van der Waals surface area (Å²) in [7, 11) is 1.65. The fourth-order valence-electron chi connectivity index (χ4n) is 1.50. The Kier molecular flexibility index (Phi) is 11.1. The molecule has 1 unspecified atom stereocenters. The fourth-order valence-corrected chi connectivity index (χ4v) is 1.68. The maximum atomic E-state index is 11.8. The van der Waals surface area contributed by atoms with Gasteiger partial charge in [-0.05, 0) is 19.1 Å². The Hall–Kier alpha value is -1.01. The number of rotatable bonds is 9. The summed E-state index contributed by atoms with van der Waals surface area (Å²) in [4.78, 5) is 11.8. The van der Waals surface area contributed by atoms with Gasteiger partial charge in [0.2, 0.25) is 0 Å². The number of nitrogens with one attached hydrogen (secondary N) is 2. The van der Waals surface area contributed by atoms with E-state index in [4.69, 9.17) is 21.1 Å². The standard InChI is InChI=1S/C14H21ClN2O3.ClH/c1-11(20-13-6-4-3-5-12(13)15)14(18)17-8-7-16-9-10-19-2;/h3-6,11,16H,7-10H2,1-2H3,(H,17,18);1H. The van der Waals surface area contributed by atoms with Crippen molar-refractivity contribution in [1.82, 2.24) is 10.6 Å². The molecule has 0 radical (unpaired) electrons. The Morgan fingerprint density at radius 2 is 2.00 bits per heavy atom. The Balaban J connectivity index is 0.00000400. The Morgan fingerprint density at radius 3 is 2.67 bits per heavy atom. The van der Waals surface area contributed by atoms with Crippen LogP contribution in [0.1, 0.15) is 6.92 Å². The van der Waals surface area contributed by atoms with Crippen LogP contribution in [0.3, 0.4) is 0 Å². The third-order valence-electron chi connectivity index (χ3n) is 2.59. The topological polar surface area (TPSA) is 59.6 Å². The highest BCUT2D eigenvalue weighted by atomic mass is 35.5. The summed E-state index contributed by atoms with van der Waals surface area (Å²) in [5.74, 6) is 0.341. The largest absolute Gasteiger partial charge is 0.479 e. The van der Waals surface area contributed by atoms with Crippen LogP contribution >= 0.6 is 24.0 Å². The fraction of sp³-hybridized carbons (Fsp3) is 0.500. The van der Waals surface area contributed by atoms with Crippen molar-refractivity contribution in [2.24, 2.45) is 0 Å². The lowest BCUT2D eigenvalue weighted by Crippen LogP contribution is -2.40. The van der Waals surface area contributed by atoms with E-state index in [1.54, 1.807) is 26.2 Å². The van der Waals surface area contributed by atoms with Gasteiger partial charge < -0.3 is 20.1 Å². The van der Waals surface area contributed by atoms with Crippen LogP contribution in [0.5, 0.6) is 5.75 Å². The monoisotopic (exact) mass is 336 g/mol. The van der Waals surface area contributed by atoms with E-state index in [9.17, 15) is 4.79 Å². The number of carbonyl (C=O) groups excluding carboxylic acids is 1. The Morgan fingerprint density at radius 1 is 1.29 bits per heavy atom. The second-order valence-corrected chi connectivity index (χ2v) is 4.63. The van der Waals surface area contributed by atoms with Crippen molar-refractivity contribution in [3.63, 3.8) is 0 Å². The molecule has 1 aromatic rings. The van der Waals surface area contributed by atoms with Crippen molar-refractivity contribution in [3.8, 4) is 5.75 Å². The SMILES string of the molecule is COCCNCCNC(=O)C(C)Oc1ccccc1Cl.Cl. The zero-order chi connectivity index (χ0) is 14.8. The first-order chi connectivity index (χ1) is 9.65. The summed E-state index contributed by atoms with van der Waals surface area (Å²) in [5, 5.41) is 6.42. The Labute approximate surface area is 136 Å². The first-order valence-electron chi connectivity index (χ1n) is 6.53. The molecule has 0 aliphatic rings. The molecule has 0 bridgehead atoms. The van der Waals surface area contributed by atoms with Crippen LogP contribution in [0.15, 0.2) is 24.3 Å². The lowest BCUT2D eigenvalue weighted by molar-refractivity contribution is -0.127. The smallest absolute Gasteiger partial charge is 0.260 e. The summed E-state index contributed by atoms with van der Waals surface area (Å²) >= 11 is 5.97. The third-order valence-corrected chi connectivity index (χ3v) is 2.91. The van der Waals surface area contributed by atoms with E-state index in [0.717, 1.165) is 6.54 Å². The van der Waals surface area contributed by atoms with Crippen LogP contribution < -0.4 is 15.4 Å². The van der Waals surface area contributed by atoms with Gasteiger partial charge in [0.15, 0.2) is 6.10 Å². The zero-order valence-corrected chi connectivity index (χ0v) is 13.8. The number of ether oxygens (including phenoxy) is 2. The van der Waals surface area contributed by atoms with Crippen LogP contribution in [0.4, 0.5) is 0 Å². The second-order valence-electron chi connectivity index (χ2n) is 4.22. The molecule has 5 nitrogen and oxygen atoms in total.